The van der Waals surface area contributed by atoms with Crippen LogP contribution in [0.1, 0.15) is 34.7 Å². The molecule has 1 aliphatic heterocycles. The lowest BCUT2D eigenvalue weighted by atomic mass is 9.91. The van der Waals surface area contributed by atoms with Crippen molar-refractivity contribution in [2.75, 3.05) is 31.6 Å². The van der Waals surface area contributed by atoms with E-state index in [4.69, 9.17) is 0 Å². The Labute approximate surface area is 204 Å². The lowest BCUT2D eigenvalue weighted by Gasteiger charge is -2.42. The molecule has 1 amide bonds. The SMILES string of the molecule is Cc1cc(N2CCC[C@@](O)(CN(C)C(=O)c3ccc4nc(C(F)(F)F)[nH]c4c3)C2)c2cnccc2n1. The van der Waals surface area contributed by atoms with E-state index in [1.54, 1.807) is 19.4 Å². The molecule has 5 rings (SSSR count). The minimum atomic E-state index is -4.61. The van der Waals surface area contributed by atoms with Crippen LogP contribution in [0.25, 0.3) is 21.9 Å². The molecule has 3 aromatic heterocycles. The zero-order valence-corrected chi connectivity index (χ0v) is 19.8. The molecule has 2 N–H and O–H groups in total. The molecule has 1 aliphatic rings. The van der Waals surface area contributed by atoms with E-state index in [-0.39, 0.29) is 23.1 Å². The highest BCUT2D eigenvalue weighted by Crippen LogP contribution is 2.32. The number of hydrogen-bond acceptors (Lipinski definition) is 6. The number of benzene rings is 1. The van der Waals surface area contributed by atoms with Crippen LogP contribution < -0.4 is 4.90 Å². The average Bonchev–Trinajstić information content (AvgIpc) is 3.27. The van der Waals surface area contributed by atoms with Crippen LogP contribution in [0, 0.1) is 6.92 Å². The number of β-amino-alcohol motifs (C(OH)–C–C–N with tert-alkyl or cyclic N) is 1. The number of fused-ring (bicyclic) bond motifs is 2. The molecule has 36 heavy (non-hydrogen) atoms. The standard InChI is InChI=1S/C25H25F3N6O2/c1-15-10-21(17-12-29-8-6-18(17)30-15)34-9-3-7-24(36,14-34)13-33(2)22(35)16-4-5-19-20(11-16)32-23(31-19)25(26,27)28/h4-6,8,10-12,36H,3,7,9,13-14H2,1-2H3,(H,31,32)/t24-/m1/s1. The molecular formula is C25H25F3N6O2. The summed E-state index contributed by atoms with van der Waals surface area (Å²) in [6, 6.07) is 8.00. The topological polar surface area (TPSA) is 98.2 Å². The van der Waals surface area contributed by atoms with E-state index >= 15 is 0 Å². The number of pyridine rings is 2. The first kappa shape index (κ1) is 24.0. The van der Waals surface area contributed by atoms with Crippen molar-refractivity contribution in [3.63, 3.8) is 0 Å². The van der Waals surface area contributed by atoms with Crippen molar-refractivity contribution < 1.29 is 23.1 Å². The number of anilines is 1. The second-order valence-corrected chi connectivity index (χ2v) is 9.40. The van der Waals surface area contributed by atoms with Gasteiger partial charge in [-0.3, -0.25) is 14.8 Å². The zero-order valence-electron chi connectivity index (χ0n) is 19.8. The van der Waals surface area contributed by atoms with Gasteiger partial charge in [0.2, 0.25) is 5.82 Å². The molecule has 0 bridgehead atoms. The number of piperidine rings is 1. The number of halogens is 3. The summed E-state index contributed by atoms with van der Waals surface area (Å²) in [5.74, 6) is -1.51. The van der Waals surface area contributed by atoms with Crippen molar-refractivity contribution in [1.82, 2.24) is 24.8 Å². The van der Waals surface area contributed by atoms with E-state index in [0.717, 1.165) is 35.2 Å². The van der Waals surface area contributed by atoms with Crippen molar-refractivity contribution in [2.45, 2.75) is 31.5 Å². The number of hydrogen-bond donors (Lipinski definition) is 2. The van der Waals surface area contributed by atoms with E-state index < -0.39 is 23.5 Å². The van der Waals surface area contributed by atoms with Gasteiger partial charge >= 0.3 is 6.18 Å². The molecule has 4 aromatic rings. The third-order valence-electron chi connectivity index (χ3n) is 6.49. The van der Waals surface area contributed by atoms with Crippen molar-refractivity contribution >= 4 is 33.5 Å². The summed E-state index contributed by atoms with van der Waals surface area (Å²) in [6.45, 7) is 3.04. The molecule has 1 saturated heterocycles. The highest BCUT2D eigenvalue weighted by atomic mass is 19.4. The number of H-pyrrole nitrogens is 1. The Kier molecular flexibility index (Phi) is 5.82. The molecule has 0 saturated carbocycles. The van der Waals surface area contributed by atoms with E-state index in [2.05, 4.69) is 24.8 Å². The fourth-order valence-corrected chi connectivity index (χ4v) is 4.90. The van der Waals surface area contributed by atoms with Crippen LogP contribution in [0.3, 0.4) is 0 Å². The first-order chi connectivity index (χ1) is 17.0. The van der Waals surface area contributed by atoms with Crippen LogP contribution in [-0.4, -0.2) is 68.1 Å². The van der Waals surface area contributed by atoms with Crippen LogP contribution in [0.2, 0.25) is 0 Å². The Morgan fingerprint density at radius 1 is 1.22 bits per heavy atom. The zero-order chi connectivity index (χ0) is 25.7. The van der Waals surface area contributed by atoms with Gasteiger partial charge in [0.05, 0.1) is 28.7 Å². The molecule has 8 nitrogen and oxygen atoms in total. The molecule has 1 aromatic carbocycles. The monoisotopic (exact) mass is 498 g/mol. The maximum Gasteiger partial charge on any atom is 0.449 e. The van der Waals surface area contributed by atoms with Gasteiger partial charge in [-0.15, -0.1) is 0 Å². The number of aromatic amines is 1. The number of aromatic nitrogens is 4. The number of nitrogens with one attached hydrogen (secondary N) is 1. The number of carbonyl (C=O) groups excluding carboxylic acids is 1. The van der Waals surface area contributed by atoms with Crippen LogP contribution in [0.15, 0.2) is 42.7 Å². The van der Waals surface area contributed by atoms with Gasteiger partial charge in [0.1, 0.15) is 0 Å². The number of imidazole rings is 1. The molecule has 0 radical (unpaired) electrons. The van der Waals surface area contributed by atoms with E-state index in [1.807, 2.05) is 19.1 Å². The lowest BCUT2D eigenvalue weighted by Crippen LogP contribution is -2.54. The fraction of sp³-hybridized carbons (Fsp3) is 0.360. The number of aliphatic hydroxyl groups is 1. The Morgan fingerprint density at radius 2 is 2.03 bits per heavy atom. The number of likely N-dealkylation sites (N-methyl/N-ethyl adjacent to an activating group) is 1. The predicted octanol–water partition coefficient (Wildman–Crippen LogP) is 3.94. The van der Waals surface area contributed by atoms with Crippen molar-refractivity contribution in [3.8, 4) is 0 Å². The normalized spacial score (nSPS) is 18.7. The van der Waals surface area contributed by atoms with E-state index in [9.17, 15) is 23.1 Å². The number of aryl methyl sites for hydroxylation is 1. The Bertz CT molecular complexity index is 1450. The van der Waals surface area contributed by atoms with Gasteiger partial charge in [-0.05, 0) is 50.1 Å². The van der Waals surface area contributed by atoms with Crippen molar-refractivity contribution in [1.29, 1.82) is 0 Å². The summed E-state index contributed by atoms with van der Waals surface area (Å²) >= 11 is 0. The molecule has 1 fully saturated rings. The highest BCUT2D eigenvalue weighted by Gasteiger charge is 2.37. The van der Waals surface area contributed by atoms with Crippen LogP contribution in [0.4, 0.5) is 18.9 Å². The number of amides is 1. The fourth-order valence-electron chi connectivity index (χ4n) is 4.90. The third kappa shape index (κ3) is 4.58. The number of carbonyl (C=O) groups is 1. The van der Waals surface area contributed by atoms with Gasteiger partial charge in [-0.2, -0.15) is 13.2 Å². The van der Waals surface area contributed by atoms with Crippen molar-refractivity contribution in [2.24, 2.45) is 0 Å². The number of alkyl halides is 3. The number of rotatable bonds is 4. The van der Waals surface area contributed by atoms with Crippen LogP contribution in [0.5, 0.6) is 0 Å². The van der Waals surface area contributed by atoms with Crippen LogP contribution in [-0.2, 0) is 6.18 Å². The summed E-state index contributed by atoms with van der Waals surface area (Å²) in [5, 5.41) is 12.4. The highest BCUT2D eigenvalue weighted by molar-refractivity contribution is 5.97. The predicted molar refractivity (Wildman–Crippen MR) is 129 cm³/mol. The maximum atomic E-state index is 13.1. The van der Waals surface area contributed by atoms with Gasteiger partial charge < -0.3 is 19.9 Å². The molecular weight excluding hydrogens is 473 g/mol. The second kappa shape index (κ2) is 8.74. The Balaban J connectivity index is 1.35. The summed E-state index contributed by atoms with van der Waals surface area (Å²) in [6.07, 6.45) is 0.0785. The summed E-state index contributed by atoms with van der Waals surface area (Å²) in [4.78, 5) is 31.2. The van der Waals surface area contributed by atoms with E-state index in [1.165, 1.54) is 23.1 Å². The summed E-state index contributed by atoms with van der Waals surface area (Å²) in [5.41, 5.74) is 1.89. The van der Waals surface area contributed by atoms with Gasteiger partial charge in [0.25, 0.3) is 5.91 Å². The van der Waals surface area contributed by atoms with Gasteiger partial charge in [-0.25, -0.2) is 4.98 Å². The van der Waals surface area contributed by atoms with Gasteiger partial charge in [0, 0.05) is 54.9 Å². The molecule has 1 atom stereocenters. The van der Waals surface area contributed by atoms with Gasteiger partial charge in [0.15, 0.2) is 0 Å². The molecule has 0 aliphatic carbocycles. The first-order valence-electron chi connectivity index (χ1n) is 11.5. The third-order valence-corrected chi connectivity index (χ3v) is 6.49. The molecule has 188 valence electrons. The Hall–Kier alpha value is -3.73. The minimum absolute atomic E-state index is 0.0669. The largest absolute Gasteiger partial charge is 0.449 e. The molecule has 0 unspecified atom stereocenters. The molecule has 4 heterocycles. The molecule has 0 spiro atoms. The number of nitrogens with zero attached hydrogens (tertiary/aromatic N) is 5. The van der Waals surface area contributed by atoms with E-state index in [0.29, 0.717) is 13.0 Å². The summed E-state index contributed by atoms with van der Waals surface area (Å²) in [7, 11) is 1.58. The first-order valence-corrected chi connectivity index (χ1v) is 11.5. The lowest BCUT2D eigenvalue weighted by molar-refractivity contribution is -0.144. The smallest absolute Gasteiger partial charge is 0.386 e. The van der Waals surface area contributed by atoms with Crippen LogP contribution >= 0.6 is 0 Å². The van der Waals surface area contributed by atoms with Crippen molar-refractivity contribution in [3.05, 3.63) is 59.8 Å². The minimum Gasteiger partial charge on any atom is -0.386 e. The summed E-state index contributed by atoms with van der Waals surface area (Å²) < 4.78 is 38.9. The molecule has 11 heteroatoms. The second-order valence-electron chi connectivity index (χ2n) is 9.40. The quantitative estimate of drug-likeness (QED) is 0.442. The Morgan fingerprint density at radius 3 is 2.81 bits per heavy atom. The van der Waals surface area contributed by atoms with Gasteiger partial charge in [-0.1, -0.05) is 0 Å². The maximum absolute atomic E-state index is 13.1. The average molecular weight is 499 g/mol.